The zero-order valence-electron chi connectivity index (χ0n) is 13.8. The van der Waals surface area contributed by atoms with Gasteiger partial charge in [0, 0.05) is 18.3 Å². The molecule has 0 saturated heterocycles. The van der Waals surface area contributed by atoms with Crippen LogP contribution in [0.3, 0.4) is 0 Å². The number of rotatable bonds is 6. The summed E-state index contributed by atoms with van der Waals surface area (Å²) >= 11 is 0. The van der Waals surface area contributed by atoms with Crippen LogP contribution in [0.4, 0.5) is 5.69 Å². The van der Waals surface area contributed by atoms with Gasteiger partial charge in [-0.25, -0.2) is 8.42 Å². The molecule has 0 fully saturated rings. The van der Waals surface area contributed by atoms with Crippen LogP contribution in [0.1, 0.15) is 22.8 Å². The quantitative estimate of drug-likeness (QED) is 0.840. The van der Waals surface area contributed by atoms with Gasteiger partial charge in [-0.05, 0) is 55.8 Å². The van der Waals surface area contributed by atoms with Crippen molar-refractivity contribution in [1.29, 1.82) is 0 Å². The molecular weight excluding hydrogens is 328 g/mol. The number of ether oxygens (including phenoxy) is 1. The molecule has 0 aromatic heterocycles. The molecule has 0 radical (unpaired) electrons. The second-order valence-electron chi connectivity index (χ2n) is 5.12. The van der Waals surface area contributed by atoms with E-state index < -0.39 is 10.0 Å². The van der Waals surface area contributed by atoms with Crippen LogP contribution in [-0.2, 0) is 10.0 Å². The maximum Gasteiger partial charge on any atom is 0.261 e. The van der Waals surface area contributed by atoms with Crippen LogP contribution in [0.5, 0.6) is 5.75 Å². The fourth-order valence-electron chi connectivity index (χ4n) is 2.15. The van der Waals surface area contributed by atoms with Crippen LogP contribution in [0.15, 0.2) is 47.4 Å². The lowest BCUT2D eigenvalue weighted by Gasteiger charge is -2.11. The summed E-state index contributed by atoms with van der Waals surface area (Å²) in [7, 11) is -2.29. The van der Waals surface area contributed by atoms with Gasteiger partial charge in [-0.2, -0.15) is 0 Å². The number of amides is 1. The Morgan fingerprint density at radius 2 is 1.79 bits per heavy atom. The Hall–Kier alpha value is -2.54. The predicted molar refractivity (Wildman–Crippen MR) is 93.0 cm³/mol. The molecule has 2 aromatic rings. The lowest BCUT2D eigenvalue weighted by Crippen LogP contribution is -2.20. The molecule has 0 saturated carbocycles. The molecule has 2 N–H and O–H groups in total. The van der Waals surface area contributed by atoms with E-state index in [-0.39, 0.29) is 10.8 Å². The minimum absolute atomic E-state index is 0.0283. The monoisotopic (exact) mass is 348 g/mol. The largest absolute Gasteiger partial charge is 0.494 e. The van der Waals surface area contributed by atoms with Gasteiger partial charge in [0.05, 0.1) is 11.5 Å². The third-order valence-corrected chi connectivity index (χ3v) is 4.79. The Morgan fingerprint density at radius 1 is 1.12 bits per heavy atom. The lowest BCUT2D eigenvalue weighted by atomic mass is 10.1. The van der Waals surface area contributed by atoms with Crippen LogP contribution >= 0.6 is 0 Å². The molecule has 0 bridgehead atoms. The number of sulfonamides is 1. The smallest absolute Gasteiger partial charge is 0.261 e. The van der Waals surface area contributed by atoms with Crippen LogP contribution in [0, 0.1) is 6.92 Å². The van der Waals surface area contributed by atoms with E-state index in [4.69, 9.17) is 4.74 Å². The van der Waals surface area contributed by atoms with Crippen molar-refractivity contribution in [2.24, 2.45) is 0 Å². The van der Waals surface area contributed by atoms with E-state index in [1.54, 1.807) is 37.3 Å². The van der Waals surface area contributed by atoms with Gasteiger partial charge in [0.25, 0.3) is 15.9 Å². The first-order chi connectivity index (χ1) is 11.4. The van der Waals surface area contributed by atoms with Gasteiger partial charge in [0.2, 0.25) is 0 Å². The van der Waals surface area contributed by atoms with Crippen LogP contribution in [-0.4, -0.2) is 28.0 Å². The maximum atomic E-state index is 12.5. The number of nitrogens with one attached hydrogen (secondary N) is 2. The molecule has 0 aliphatic carbocycles. The van der Waals surface area contributed by atoms with Crippen molar-refractivity contribution in [2.45, 2.75) is 18.7 Å². The van der Waals surface area contributed by atoms with Crippen molar-refractivity contribution in [3.63, 3.8) is 0 Å². The van der Waals surface area contributed by atoms with Gasteiger partial charge in [0.15, 0.2) is 0 Å². The fourth-order valence-corrected chi connectivity index (χ4v) is 3.23. The zero-order valence-corrected chi connectivity index (χ0v) is 14.6. The molecule has 2 aromatic carbocycles. The summed E-state index contributed by atoms with van der Waals surface area (Å²) in [4.78, 5) is 11.9. The Morgan fingerprint density at radius 3 is 2.38 bits per heavy atom. The van der Waals surface area contributed by atoms with Crippen LogP contribution < -0.4 is 14.8 Å². The SMILES string of the molecule is CCOc1ccc(NS(=O)(=O)c2ccc(C)c(C(=O)NC)c2)cc1. The summed E-state index contributed by atoms with van der Waals surface area (Å²) in [6.45, 7) is 4.16. The van der Waals surface area contributed by atoms with E-state index in [0.29, 0.717) is 29.2 Å². The summed E-state index contributed by atoms with van der Waals surface area (Å²) in [5.41, 5.74) is 1.45. The zero-order chi connectivity index (χ0) is 17.7. The number of anilines is 1. The van der Waals surface area contributed by atoms with E-state index in [1.165, 1.54) is 19.2 Å². The van der Waals surface area contributed by atoms with Crippen molar-refractivity contribution < 1.29 is 17.9 Å². The number of carbonyl (C=O) groups is 1. The second-order valence-corrected chi connectivity index (χ2v) is 6.80. The van der Waals surface area contributed by atoms with Gasteiger partial charge < -0.3 is 10.1 Å². The Labute approximate surface area is 141 Å². The van der Waals surface area contributed by atoms with Gasteiger partial charge in [0.1, 0.15) is 5.75 Å². The molecule has 0 atom stereocenters. The normalized spacial score (nSPS) is 11.0. The minimum atomic E-state index is -3.79. The van der Waals surface area contributed by atoms with Gasteiger partial charge in [-0.1, -0.05) is 6.07 Å². The lowest BCUT2D eigenvalue weighted by molar-refractivity contribution is 0.0962. The van der Waals surface area contributed by atoms with Crippen molar-refractivity contribution in [3.05, 3.63) is 53.6 Å². The number of carbonyl (C=O) groups excluding carboxylic acids is 1. The first-order valence-electron chi connectivity index (χ1n) is 7.46. The molecule has 6 nitrogen and oxygen atoms in total. The van der Waals surface area contributed by atoms with E-state index >= 15 is 0 Å². The maximum absolute atomic E-state index is 12.5. The third-order valence-electron chi connectivity index (χ3n) is 3.41. The highest BCUT2D eigenvalue weighted by molar-refractivity contribution is 7.92. The molecule has 0 spiro atoms. The van der Waals surface area contributed by atoms with E-state index in [2.05, 4.69) is 10.0 Å². The molecule has 24 heavy (non-hydrogen) atoms. The first kappa shape index (κ1) is 17.8. The fraction of sp³-hybridized carbons (Fsp3) is 0.235. The van der Waals surface area contributed by atoms with Gasteiger partial charge >= 0.3 is 0 Å². The number of hydrogen-bond donors (Lipinski definition) is 2. The van der Waals surface area contributed by atoms with Gasteiger partial charge in [-0.15, -0.1) is 0 Å². The average molecular weight is 348 g/mol. The molecular formula is C17H20N2O4S. The van der Waals surface area contributed by atoms with E-state index in [1.807, 2.05) is 6.92 Å². The number of hydrogen-bond acceptors (Lipinski definition) is 4. The molecule has 1 amide bonds. The molecule has 0 heterocycles. The molecule has 7 heteroatoms. The van der Waals surface area contributed by atoms with Crippen molar-refractivity contribution in [2.75, 3.05) is 18.4 Å². The van der Waals surface area contributed by atoms with Crippen molar-refractivity contribution >= 4 is 21.6 Å². The third kappa shape index (κ3) is 4.05. The van der Waals surface area contributed by atoms with E-state index in [0.717, 1.165) is 0 Å². The molecule has 2 rings (SSSR count). The Balaban J connectivity index is 2.28. The topological polar surface area (TPSA) is 84.5 Å². The van der Waals surface area contributed by atoms with E-state index in [9.17, 15) is 13.2 Å². The summed E-state index contributed by atoms with van der Waals surface area (Å²) in [6, 6.07) is 11.1. The Kier molecular flexibility index (Phi) is 5.46. The number of aryl methyl sites for hydroxylation is 1. The van der Waals surface area contributed by atoms with Crippen LogP contribution in [0.2, 0.25) is 0 Å². The first-order valence-corrected chi connectivity index (χ1v) is 8.94. The van der Waals surface area contributed by atoms with Crippen LogP contribution in [0.25, 0.3) is 0 Å². The number of benzene rings is 2. The molecule has 0 aliphatic heterocycles. The summed E-state index contributed by atoms with van der Waals surface area (Å²) in [5.74, 6) is 0.336. The summed E-state index contributed by atoms with van der Waals surface area (Å²) in [5, 5.41) is 2.50. The highest BCUT2D eigenvalue weighted by Crippen LogP contribution is 2.21. The molecule has 0 aliphatic rings. The molecule has 128 valence electrons. The second kappa shape index (κ2) is 7.35. The molecule has 0 unspecified atom stereocenters. The summed E-state index contributed by atoms with van der Waals surface area (Å²) < 4.78 is 32.8. The highest BCUT2D eigenvalue weighted by Gasteiger charge is 2.17. The van der Waals surface area contributed by atoms with Crippen molar-refractivity contribution in [3.8, 4) is 5.75 Å². The van der Waals surface area contributed by atoms with Crippen molar-refractivity contribution in [1.82, 2.24) is 5.32 Å². The summed E-state index contributed by atoms with van der Waals surface area (Å²) in [6.07, 6.45) is 0. The highest BCUT2D eigenvalue weighted by atomic mass is 32.2. The minimum Gasteiger partial charge on any atom is -0.494 e. The Bertz CT molecular complexity index is 830. The van der Waals surface area contributed by atoms with Gasteiger partial charge in [-0.3, -0.25) is 9.52 Å². The standard InChI is InChI=1S/C17H20N2O4S/c1-4-23-14-8-6-13(7-9-14)19-24(21,22)15-10-5-12(2)16(11-15)17(20)18-3/h5-11,19H,4H2,1-3H3,(H,18,20). The average Bonchev–Trinajstić information content (AvgIpc) is 2.56. The predicted octanol–water partition coefficient (Wildman–Crippen LogP) is 2.55.